The van der Waals surface area contributed by atoms with Crippen molar-refractivity contribution in [2.75, 3.05) is 7.11 Å². The molecule has 0 unspecified atom stereocenters. The van der Waals surface area contributed by atoms with E-state index in [4.69, 9.17) is 9.47 Å². The van der Waals surface area contributed by atoms with Gasteiger partial charge in [-0.25, -0.2) is 0 Å². The quantitative estimate of drug-likeness (QED) is 0.513. The van der Waals surface area contributed by atoms with Crippen LogP contribution in [0.4, 0.5) is 18.9 Å². The van der Waals surface area contributed by atoms with Crippen LogP contribution in [-0.4, -0.2) is 19.5 Å². The Kier molecular flexibility index (Phi) is 5.24. The Labute approximate surface area is 172 Å². The minimum Gasteiger partial charge on any atom is -0.497 e. The number of alkyl halides is 3. The predicted octanol–water partition coefficient (Wildman–Crippen LogP) is 6.03. The zero-order valence-corrected chi connectivity index (χ0v) is 16.3. The van der Waals surface area contributed by atoms with E-state index in [1.54, 1.807) is 18.2 Å². The highest BCUT2D eigenvalue weighted by atomic mass is 19.4. The second-order valence-corrected chi connectivity index (χ2v) is 7.20. The van der Waals surface area contributed by atoms with Gasteiger partial charge < -0.3 is 9.47 Å². The summed E-state index contributed by atoms with van der Waals surface area (Å²) in [6, 6.07) is 20.7. The summed E-state index contributed by atoms with van der Waals surface area (Å²) in [5.74, 6) is 1.07. The molecule has 3 aromatic carbocycles. The van der Waals surface area contributed by atoms with Crippen LogP contribution in [0.25, 0.3) is 0 Å². The Hall–Kier alpha value is -3.28. The maximum atomic E-state index is 14.2. The number of hydrogen-bond acceptors (Lipinski definition) is 3. The van der Waals surface area contributed by atoms with Crippen molar-refractivity contribution < 1.29 is 22.6 Å². The van der Waals surface area contributed by atoms with Crippen LogP contribution in [0.5, 0.6) is 11.5 Å². The highest BCUT2D eigenvalue weighted by molar-refractivity contribution is 5.82. The lowest BCUT2D eigenvalue weighted by molar-refractivity contribution is -0.168. The van der Waals surface area contributed by atoms with Crippen molar-refractivity contribution in [2.45, 2.75) is 24.6 Å². The van der Waals surface area contributed by atoms with E-state index in [0.717, 1.165) is 11.8 Å². The normalized spacial score (nSPS) is 18.0. The molecule has 6 heteroatoms. The SMILES string of the molecule is COc1ccc([C@@]2(C(F)(F)F)C=Nc3cc(OCc4ccccc4)ccc3C2)cc1. The van der Waals surface area contributed by atoms with Crippen molar-refractivity contribution >= 4 is 11.9 Å². The first-order chi connectivity index (χ1) is 14.4. The number of benzene rings is 3. The predicted molar refractivity (Wildman–Crippen MR) is 110 cm³/mol. The average Bonchev–Trinajstić information content (AvgIpc) is 2.77. The Morgan fingerprint density at radius 3 is 2.30 bits per heavy atom. The maximum absolute atomic E-state index is 14.2. The van der Waals surface area contributed by atoms with Gasteiger partial charge in [-0.3, -0.25) is 4.99 Å². The number of methoxy groups -OCH3 is 1. The van der Waals surface area contributed by atoms with Gasteiger partial charge in [-0.05, 0) is 41.3 Å². The summed E-state index contributed by atoms with van der Waals surface area (Å²) < 4.78 is 53.4. The Morgan fingerprint density at radius 1 is 0.933 bits per heavy atom. The van der Waals surface area contributed by atoms with E-state index in [0.29, 0.717) is 29.4 Å². The van der Waals surface area contributed by atoms with Crippen LogP contribution in [0.1, 0.15) is 16.7 Å². The molecule has 0 fully saturated rings. The number of ether oxygens (including phenoxy) is 2. The molecule has 0 spiro atoms. The van der Waals surface area contributed by atoms with Gasteiger partial charge in [-0.15, -0.1) is 0 Å². The van der Waals surface area contributed by atoms with Gasteiger partial charge in [0.05, 0.1) is 12.8 Å². The standard InChI is InChI=1S/C24H20F3NO2/c1-29-20-11-8-19(9-12-20)23(24(25,26)27)14-18-7-10-21(13-22(18)28-16-23)30-15-17-5-3-2-4-6-17/h2-13,16H,14-15H2,1H3/t23-/m0/s1. The summed E-state index contributed by atoms with van der Waals surface area (Å²) in [5, 5.41) is 0. The molecule has 1 aliphatic rings. The molecule has 154 valence electrons. The van der Waals surface area contributed by atoms with Crippen LogP contribution in [-0.2, 0) is 18.4 Å². The van der Waals surface area contributed by atoms with Gasteiger partial charge in [-0.2, -0.15) is 13.2 Å². The van der Waals surface area contributed by atoms with E-state index in [-0.39, 0.29) is 12.0 Å². The van der Waals surface area contributed by atoms with E-state index in [1.165, 1.54) is 31.4 Å². The Morgan fingerprint density at radius 2 is 1.63 bits per heavy atom. The van der Waals surface area contributed by atoms with Gasteiger partial charge in [0.1, 0.15) is 23.5 Å². The topological polar surface area (TPSA) is 30.8 Å². The van der Waals surface area contributed by atoms with Gasteiger partial charge in [0.25, 0.3) is 0 Å². The summed E-state index contributed by atoms with van der Waals surface area (Å²) in [5.41, 5.74) is -0.0193. The van der Waals surface area contributed by atoms with Gasteiger partial charge in [0.15, 0.2) is 0 Å². The first-order valence-corrected chi connectivity index (χ1v) is 9.47. The zero-order valence-electron chi connectivity index (χ0n) is 16.3. The second kappa shape index (κ2) is 7.86. The van der Waals surface area contributed by atoms with E-state index < -0.39 is 11.6 Å². The fraction of sp³-hybridized carbons (Fsp3) is 0.208. The van der Waals surface area contributed by atoms with Crippen LogP contribution in [0, 0.1) is 0 Å². The lowest BCUT2D eigenvalue weighted by Crippen LogP contribution is -2.46. The molecule has 1 aliphatic heterocycles. The van der Waals surface area contributed by atoms with Crippen molar-refractivity contribution in [2.24, 2.45) is 4.99 Å². The van der Waals surface area contributed by atoms with Crippen molar-refractivity contribution in [1.82, 2.24) is 0 Å². The molecule has 0 radical (unpaired) electrons. The highest BCUT2D eigenvalue weighted by Crippen LogP contribution is 2.47. The van der Waals surface area contributed by atoms with Gasteiger partial charge in [0.2, 0.25) is 0 Å². The van der Waals surface area contributed by atoms with E-state index in [1.807, 2.05) is 30.3 Å². The number of nitrogens with zero attached hydrogens (tertiary/aromatic N) is 1. The van der Waals surface area contributed by atoms with Gasteiger partial charge >= 0.3 is 6.18 Å². The largest absolute Gasteiger partial charge is 0.497 e. The molecule has 3 nitrogen and oxygen atoms in total. The smallest absolute Gasteiger partial charge is 0.403 e. The molecule has 0 saturated heterocycles. The summed E-state index contributed by atoms with van der Waals surface area (Å²) in [6.45, 7) is 0.377. The zero-order chi connectivity index (χ0) is 21.2. The van der Waals surface area contributed by atoms with Crippen molar-refractivity contribution in [3.63, 3.8) is 0 Å². The van der Waals surface area contributed by atoms with E-state index in [9.17, 15) is 13.2 Å². The molecule has 30 heavy (non-hydrogen) atoms. The first-order valence-electron chi connectivity index (χ1n) is 9.47. The van der Waals surface area contributed by atoms with E-state index in [2.05, 4.69) is 4.99 Å². The molecular weight excluding hydrogens is 391 g/mol. The molecular formula is C24H20F3NO2. The van der Waals surface area contributed by atoms with Crippen molar-refractivity contribution in [3.05, 3.63) is 89.5 Å². The molecule has 0 N–H and O–H groups in total. The average molecular weight is 411 g/mol. The van der Waals surface area contributed by atoms with Crippen molar-refractivity contribution in [3.8, 4) is 11.5 Å². The van der Waals surface area contributed by atoms with Crippen LogP contribution in [0.15, 0.2) is 77.8 Å². The third-order valence-corrected chi connectivity index (χ3v) is 5.31. The lowest BCUT2D eigenvalue weighted by Gasteiger charge is -2.35. The number of rotatable bonds is 5. The molecule has 0 amide bonds. The van der Waals surface area contributed by atoms with E-state index >= 15 is 0 Å². The molecule has 3 aromatic rings. The highest BCUT2D eigenvalue weighted by Gasteiger charge is 2.56. The summed E-state index contributed by atoms with van der Waals surface area (Å²) in [4.78, 5) is 4.19. The summed E-state index contributed by atoms with van der Waals surface area (Å²) in [6.07, 6.45) is -3.70. The Balaban J connectivity index is 1.61. The molecule has 4 rings (SSSR count). The van der Waals surface area contributed by atoms with Gasteiger partial charge in [-0.1, -0.05) is 48.5 Å². The minimum absolute atomic E-state index is 0.134. The number of fused-ring (bicyclic) bond motifs is 1. The van der Waals surface area contributed by atoms with Gasteiger partial charge in [0, 0.05) is 12.3 Å². The third-order valence-electron chi connectivity index (χ3n) is 5.31. The molecule has 1 atom stereocenters. The molecule has 0 saturated carbocycles. The third kappa shape index (κ3) is 3.77. The second-order valence-electron chi connectivity index (χ2n) is 7.20. The first kappa shape index (κ1) is 20.0. The molecule has 0 bridgehead atoms. The van der Waals surface area contributed by atoms with Crippen LogP contribution < -0.4 is 9.47 Å². The number of hydrogen-bond donors (Lipinski definition) is 0. The molecule has 1 heterocycles. The molecule has 0 aliphatic carbocycles. The Bertz CT molecular complexity index is 1050. The number of halogens is 3. The summed E-state index contributed by atoms with van der Waals surface area (Å²) >= 11 is 0. The minimum atomic E-state index is -4.49. The molecule has 0 aromatic heterocycles. The van der Waals surface area contributed by atoms with Crippen LogP contribution in [0.3, 0.4) is 0 Å². The fourth-order valence-electron chi connectivity index (χ4n) is 3.57. The lowest BCUT2D eigenvalue weighted by atomic mass is 9.74. The van der Waals surface area contributed by atoms with Crippen molar-refractivity contribution in [1.29, 1.82) is 0 Å². The summed E-state index contributed by atoms with van der Waals surface area (Å²) in [7, 11) is 1.48. The van der Waals surface area contributed by atoms with Crippen LogP contribution >= 0.6 is 0 Å². The number of aliphatic imine (C=N–C) groups is 1. The monoisotopic (exact) mass is 411 g/mol. The maximum Gasteiger partial charge on any atom is 0.403 e. The van der Waals surface area contributed by atoms with Crippen LogP contribution in [0.2, 0.25) is 0 Å². The fourth-order valence-corrected chi connectivity index (χ4v) is 3.57.